The molecule has 5 nitrogen and oxygen atoms in total. The van der Waals surface area contributed by atoms with Crippen LogP contribution < -0.4 is 0 Å². The first-order chi connectivity index (χ1) is 17.3. The van der Waals surface area contributed by atoms with Gasteiger partial charge in [0, 0.05) is 12.9 Å². The summed E-state index contributed by atoms with van der Waals surface area (Å²) in [4.78, 5) is -0.0798. The summed E-state index contributed by atoms with van der Waals surface area (Å²) in [6, 6.07) is 3.60. The predicted molar refractivity (Wildman–Crippen MR) is 146 cm³/mol. The number of aliphatic hydroxyl groups excluding tert-OH is 1. The molecule has 0 radical (unpaired) electrons. The van der Waals surface area contributed by atoms with E-state index in [1.165, 1.54) is 102 Å². The molecular weight excluding hydrogens is 479 g/mol. The Morgan fingerprint density at radius 3 is 1.72 bits per heavy atom. The molecule has 0 fully saturated rings. The molecule has 210 valence electrons. The van der Waals surface area contributed by atoms with Crippen LogP contribution in [0.25, 0.3) is 0 Å². The van der Waals surface area contributed by atoms with Gasteiger partial charge in [-0.25, -0.2) is 12.8 Å². The second-order valence-electron chi connectivity index (χ2n) is 10.1. The van der Waals surface area contributed by atoms with Crippen LogP contribution in [0.2, 0.25) is 0 Å². The molecule has 0 bridgehead atoms. The smallest absolute Gasteiger partial charge is 0.175 e. The van der Waals surface area contributed by atoms with Crippen molar-refractivity contribution in [1.82, 2.24) is 0 Å². The number of sulfone groups is 1. The number of hydrogen-bond donors (Lipinski definition) is 1. The molecule has 1 N–H and O–H groups in total. The van der Waals surface area contributed by atoms with Crippen LogP contribution in [0.3, 0.4) is 0 Å². The number of ether oxygens (including phenoxy) is 2. The van der Waals surface area contributed by atoms with Crippen molar-refractivity contribution in [3.63, 3.8) is 0 Å². The molecule has 1 aromatic carbocycles. The summed E-state index contributed by atoms with van der Waals surface area (Å²) in [6.07, 6.45) is 21.6. The van der Waals surface area contributed by atoms with E-state index in [0.717, 1.165) is 25.2 Å². The molecule has 1 unspecified atom stereocenters. The zero-order chi connectivity index (χ0) is 26.5. The number of hydrogen-bond acceptors (Lipinski definition) is 5. The van der Waals surface area contributed by atoms with Gasteiger partial charge in [0.1, 0.15) is 11.9 Å². The van der Waals surface area contributed by atoms with Crippen LogP contribution in [0, 0.1) is 5.82 Å². The monoisotopic (exact) mass is 530 g/mol. The highest BCUT2D eigenvalue weighted by molar-refractivity contribution is 7.90. The van der Waals surface area contributed by atoms with Crippen molar-refractivity contribution >= 4 is 9.84 Å². The van der Waals surface area contributed by atoms with Crippen molar-refractivity contribution in [3.8, 4) is 0 Å². The first-order valence-corrected chi connectivity index (χ1v) is 16.0. The minimum atomic E-state index is -3.49. The van der Waals surface area contributed by atoms with Gasteiger partial charge in [0.05, 0.1) is 24.7 Å². The quantitative estimate of drug-likeness (QED) is 0.141. The van der Waals surface area contributed by atoms with Crippen LogP contribution in [-0.2, 0) is 25.9 Å². The molecule has 0 aliphatic carbocycles. The highest BCUT2D eigenvalue weighted by Crippen LogP contribution is 2.16. The SMILES string of the molecule is CCCCCCCCCCCCCCCCCCOCC(O)COCc1cc(F)cc(S(C)(=O)=O)c1. The van der Waals surface area contributed by atoms with E-state index in [1.807, 2.05) is 0 Å². The van der Waals surface area contributed by atoms with Gasteiger partial charge >= 0.3 is 0 Å². The average Bonchev–Trinajstić information content (AvgIpc) is 2.82. The molecule has 0 saturated carbocycles. The largest absolute Gasteiger partial charge is 0.388 e. The Balaban J connectivity index is 1.89. The summed E-state index contributed by atoms with van der Waals surface area (Å²) in [5.41, 5.74) is 0.414. The van der Waals surface area contributed by atoms with Crippen LogP contribution in [0.5, 0.6) is 0 Å². The molecule has 36 heavy (non-hydrogen) atoms. The molecule has 1 rings (SSSR count). The lowest BCUT2D eigenvalue weighted by atomic mass is 10.0. The van der Waals surface area contributed by atoms with Crippen molar-refractivity contribution in [2.24, 2.45) is 0 Å². The zero-order valence-electron chi connectivity index (χ0n) is 22.8. The predicted octanol–water partition coefficient (Wildman–Crippen LogP) is 7.38. The Morgan fingerprint density at radius 1 is 0.750 bits per heavy atom. The van der Waals surface area contributed by atoms with Gasteiger partial charge in [-0.15, -0.1) is 0 Å². The number of aliphatic hydroxyl groups is 1. The molecule has 0 aliphatic rings. The zero-order valence-corrected chi connectivity index (χ0v) is 23.6. The maximum atomic E-state index is 13.6. The number of halogens is 1. The normalized spacial score (nSPS) is 12.8. The Kier molecular flexibility index (Phi) is 19.2. The minimum absolute atomic E-state index is 0.0243. The lowest BCUT2D eigenvalue weighted by molar-refractivity contribution is -0.0240. The number of rotatable bonds is 24. The van der Waals surface area contributed by atoms with Crippen LogP contribution in [0.1, 0.15) is 115 Å². The summed E-state index contributed by atoms with van der Waals surface area (Å²) in [7, 11) is -3.49. The lowest BCUT2D eigenvalue weighted by Crippen LogP contribution is -2.22. The topological polar surface area (TPSA) is 72.8 Å². The third-order valence-electron chi connectivity index (χ3n) is 6.39. The van der Waals surface area contributed by atoms with E-state index in [1.54, 1.807) is 0 Å². The fraction of sp³-hybridized carbons (Fsp3) is 0.793. The lowest BCUT2D eigenvalue weighted by Gasteiger charge is -2.12. The van der Waals surface area contributed by atoms with Gasteiger partial charge in [-0.1, -0.05) is 103 Å². The Labute approximate surface area is 220 Å². The summed E-state index contributed by atoms with van der Waals surface area (Å²) in [5.74, 6) is -0.626. The molecule has 7 heteroatoms. The fourth-order valence-electron chi connectivity index (χ4n) is 4.25. The van der Waals surface area contributed by atoms with E-state index < -0.39 is 21.8 Å². The minimum Gasteiger partial charge on any atom is -0.388 e. The highest BCUT2D eigenvalue weighted by Gasteiger charge is 2.11. The van der Waals surface area contributed by atoms with E-state index in [4.69, 9.17) is 9.47 Å². The molecule has 0 spiro atoms. The molecule has 0 aromatic heterocycles. The van der Waals surface area contributed by atoms with E-state index in [0.29, 0.717) is 12.2 Å². The van der Waals surface area contributed by atoms with Crippen molar-refractivity contribution in [1.29, 1.82) is 0 Å². The molecule has 0 amide bonds. The Hall–Kier alpha value is -1.02. The van der Waals surface area contributed by atoms with E-state index in [-0.39, 0.29) is 24.7 Å². The third-order valence-corrected chi connectivity index (χ3v) is 7.48. The molecular formula is C29H51FO5S. The first-order valence-electron chi connectivity index (χ1n) is 14.2. The highest BCUT2D eigenvalue weighted by atomic mass is 32.2. The molecule has 1 atom stereocenters. The summed E-state index contributed by atoms with van der Waals surface area (Å²) < 4.78 is 47.7. The van der Waals surface area contributed by atoms with Crippen LogP contribution >= 0.6 is 0 Å². The first kappa shape index (κ1) is 33.0. The number of benzene rings is 1. The van der Waals surface area contributed by atoms with Gasteiger partial charge in [-0.05, 0) is 30.2 Å². The average molecular weight is 531 g/mol. The standard InChI is InChI=1S/C29H51FO5S/c1-3-4-5-6-7-8-9-10-11-12-13-14-15-16-17-18-19-34-24-28(31)25-35-23-26-20-27(30)22-29(21-26)36(2,32)33/h20-22,28,31H,3-19,23-25H2,1-2H3. The fourth-order valence-corrected chi connectivity index (χ4v) is 4.94. The van der Waals surface area contributed by atoms with Crippen molar-refractivity contribution in [2.75, 3.05) is 26.1 Å². The van der Waals surface area contributed by atoms with E-state index >= 15 is 0 Å². The van der Waals surface area contributed by atoms with E-state index in [2.05, 4.69) is 6.92 Å². The molecule has 0 heterocycles. The van der Waals surface area contributed by atoms with Gasteiger partial charge in [0.25, 0.3) is 0 Å². The summed E-state index contributed by atoms with van der Waals surface area (Å²) in [6.45, 7) is 3.15. The maximum absolute atomic E-state index is 13.6. The Morgan fingerprint density at radius 2 is 1.22 bits per heavy atom. The third kappa shape index (κ3) is 18.3. The summed E-state index contributed by atoms with van der Waals surface area (Å²) >= 11 is 0. The molecule has 1 aromatic rings. The summed E-state index contributed by atoms with van der Waals surface area (Å²) in [5, 5.41) is 9.98. The van der Waals surface area contributed by atoms with Crippen LogP contribution in [-0.4, -0.2) is 45.7 Å². The van der Waals surface area contributed by atoms with Gasteiger partial charge < -0.3 is 14.6 Å². The second-order valence-corrected chi connectivity index (χ2v) is 12.1. The van der Waals surface area contributed by atoms with Crippen LogP contribution in [0.15, 0.2) is 23.1 Å². The van der Waals surface area contributed by atoms with Crippen molar-refractivity contribution in [2.45, 2.75) is 127 Å². The van der Waals surface area contributed by atoms with Crippen molar-refractivity contribution in [3.05, 3.63) is 29.6 Å². The Bertz CT molecular complexity index is 769. The van der Waals surface area contributed by atoms with Crippen molar-refractivity contribution < 1.29 is 27.4 Å². The molecule has 0 aliphatic heterocycles. The van der Waals surface area contributed by atoms with Gasteiger partial charge in [0.2, 0.25) is 0 Å². The van der Waals surface area contributed by atoms with E-state index in [9.17, 15) is 17.9 Å². The van der Waals surface area contributed by atoms with Gasteiger partial charge in [-0.3, -0.25) is 0 Å². The maximum Gasteiger partial charge on any atom is 0.175 e. The van der Waals surface area contributed by atoms with Gasteiger partial charge in [0.15, 0.2) is 9.84 Å². The second kappa shape index (κ2) is 21.0. The molecule has 0 saturated heterocycles. The number of unbranched alkanes of at least 4 members (excludes halogenated alkanes) is 15. The van der Waals surface area contributed by atoms with Gasteiger partial charge in [-0.2, -0.15) is 0 Å². The van der Waals surface area contributed by atoms with Crippen LogP contribution in [0.4, 0.5) is 4.39 Å².